The standard InChI is InChI=1S/C28H33N7/c1-32(25-11-5-9-23-10-6-13-29-27(23)25)20-24-21-35-26(31-24)12-14-30-28(35)34-17-15-33(16-18-34)19-22-7-3-2-4-8-22/h2-4,6-8,10,12-14,21,25H,5,9,11,15-20H2,1H3. The maximum atomic E-state index is 4.95. The predicted molar refractivity (Wildman–Crippen MR) is 138 cm³/mol. The van der Waals surface area contributed by atoms with E-state index >= 15 is 0 Å². The first-order valence-electron chi connectivity index (χ1n) is 12.7. The second-order valence-electron chi connectivity index (χ2n) is 9.82. The van der Waals surface area contributed by atoms with Crippen molar-refractivity contribution in [2.24, 2.45) is 0 Å². The molecule has 1 unspecified atom stereocenters. The van der Waals surface area contributed by atoms with Gasteiger partial charge in [0.15, 0.2) is 0 Å². The van der Waals surface area contributed by atoms with Crippen LogP contribution in [0.5, 0.6) is 0 Å². The molecule has 2 aliphatic rings. The van der Waals surface area contributed by atoms with E-state index in [4.69, 9.17) is 15.0 Å². The molecule has 1 saturated heterocycles. The van der Waals surface area contributed by atoms with Crippen LogP contribution in [-0.4, -0.2) is 62.4 Å². The van der Waals surface area contributed by atoms with Crippen molar-refractivity contribution < 1.29 is 0 Å². The Hall–Kier alpha value is -3.29. The number of hydrogen-bond donors (Lipinski definition) is 0. The summed E-state index contributed by atoms with van der Waals surface area (Å²) in [7, 11) is 2.20. The van der Waals surface area contributed by atoms with Crippen LogP contribution in [0.15, 0.2) is 67.1 Å². The highest BCUT2D eigenvalue weighted by Gasteiger charge is 2.26. The summed E-state index contributed by atoms with van der Waals surface area (Å²) in [5, 5.41) is 0. The SMILES string of the molecule is CN(Cc1cn2c(N3CCN(Cc4ccccc4)CC3)nccc2n1)C1CCCc2cccnc21. The number of benzene rings is 1. The lowest BCUT2D eigenvalue weighted by atomic mass is 9.91. The number of anilines is 1. The van der Waals surface area contributed by atoms with Crippen molar-refractivity contribution in [3.8, 4) is 0 Å². The first kappa shape index (κ1) is 22.2. The van der Waals surface area contributed by atoms with Gasteiger partial charge in [-0.1, -0.05) is 36.4 Å². The Balaban J connectivity index is 1.15. The molecule has 7 nitrogen and oxygen atoms in total. The van der Waals surface area contributed by atoms with Crippen LogP contribution in [0.3, 0.4) is 0 Å². The monoisotopic (exact) mass is 467 g/mol. The van der Waals surface area contributed by atoms with Gasteiger partial charge in [0.1, 0.15) is 5.65 Å². The van der Waals surface area contributed by atoms with Crippen LogP contribution in [-0.2, 0) is 19.5 Å². The van der Waals surface area contributed by atoms with E-state index in [9.17, 15) is 0 Å². The second kappa shape index (κ2) is 9.76. The van der Waals surface area contributed by atoms with Gasteiger partial charge in [0.25, 0.3) is 0 Å². The van der Waals surface area contributed by atoms with E-state index in [2.05, 4.69) is 74.8 Å². The normalized spacial score (nSPS) is 18.8. The highest BCUT2D eigenvalue weighted by molar-refractivity contribution is 5.48. The van der Waals surface area contributed by atoms with Gasteiger partial charge >= 0.3 is 0 Å². The molecule has 35 heavy (non-hydrogen) atoms. The van der Waals surface area contributed by atoms with Crippen LogP contribution in [0.1, 0.15) is 41.4 Å². The predicted octanol–water partition coefficient (Wildman–Crippen LogP) is 3.96. The smallest absolute Gasteiger partial charge is 0.211 e. The highest BCUT2D eigenvalue weighted by atomic mass is 15.3. The quantitative estimate of drug-likeness (QED) is 0.428. The van der Waals surface area contributed by atoms with Gasteiger partial charge in [0.2, 0.25) is 5.95 Å². The summed E-state index contributed by atoms with van der Waals surface area (Å²) in [6.07, 6.45) is 9.48. The molecule has 0 saturated carbocycles. The number of piperazine rings is 1. The Bertz CT molecular complexity index is 1280. The Morgan fingerprint density at radius 3 is 2.66 bits per heavy atom. The van der Waals surface area contributed by atoms with Crippen molar-refractivity contribution in [1.82, 2.24) is 29.2 Å². The molecular weight excluding hydrogens is 434 g/mol. The molecule has 3 aromatic heterocycles. The number of imidazole rings is 1. The van der Waals surface area contributed by atoms with Crippen molar-refractivity contribution in [1.29, 1.82) is 0 Å². The minimum Gasteiger partial charge on any atom is -0.339 e. The molecule has 0 radical (unpaired) electrons. The van der Waals surface area contributed by atoms with Crippen molar-refractivity contribution >= 4 is 11.6 Å². The molecule has 0 amide bonds. The van der Waals surface area contributed by atoms with Crippen LogP contribution >= 0.6 is 0 Å². The van der Waals surface area contributed by atoms with Gasteiger partial charge in [-0.3, -0.25) is 19.2 Å². The molecule has 180 valence electrons. The van der Waals surface area contributed by atoms with Gasteiger partial charge in [0, 0.05) is 57.9 Å². The number of pyridine rings is 1. The summed E-state index contributed by atoms with van der Waals surface area (Å²) in [5.74, 6) is 0.993. The lowest BCUT2D eigenvalue weighted by Crippen LogP contribution is -2.46. The minimum absolute atomic E-state index is 0.347. The number of nitrogens with zero attached hydrogens (tertiary/aromatic N) is 7. The average Bonchev–Trinajstić information content (AvgIpc) is 3.32. The third-order valence-electron chi connectivity index (χ3n) is 7.43. The molecule has 4 heterocycles. The van der Waals surface area contributed by atoms with Crippen LogP contribution in [0.2, 0.25) is 0 Å². The Morgan fingerprint density at radius 2 is 1.80 bits per heavy atom. The topological polar surface area (TPSA) is 52.8 Å². The molecular formula is C28H33N7. The molecule has 1 aromatic carbocycles. The van der Waals surface area contributed by atoms with E-state index in [0.29, 0.717) is 6.04 Å². The average molecular weight is 468 g/mol. The maximum Gasteiger partial charge on any atom is 0.211 e. The number of aryl methyl sites for hydroxylation is 1. The van der Waals surface area contributed by atoms with Crippen LogP contribution < -0.4 is 4.90 Å². The van der Waals surface area contributed by atoms with Gasteiger partial charge in [-0.15, -0.1) is 0 Å². The summed E-state index contributed by atoms with van der Waals surface area (Å²) in [4.78, 5) is 21.8. The molecule has 0 N–H and O–H groups in total. The lowest BCUT2D eigenvalue weighted by molar-refractivity contribution is 0.206. The highest BCUT2D eigenvalue weighted by Crippen LogP contribution is 2.32. The first-order valence-corrected chi connectivity index (χ1v) is 12.7. The van der Waals surface area contributed by atoms with Gasteiger partial charge in [0.05, 0.1) is 17.4 Å². The van der Waals surface area contributed by atoms with E-state index in [1.165, 1.54) is 23.2 Å². The number of hydrogen-bond acceptors (Lipinski definition) is 6. The third kappa shape index (κ3) is 4.66. The van der Waals surface area contributed by atoms with Gasteiger partial charge in [-0.25, -0.2) is 9.97 Å². The van der Waals surface area contributed by atoms with Gasteiger partial charge in [-0.05, 0) is 49.6 Å². The minimum atomic E-state index is 0.347. The van der Waals surface area contributed by atoms with E-state index < -0.39 is 0 Å². The van der Waals surface area contributed by atoms with E-state index in [0.717, 1.165) is 69.4 Å². The van der Waals surface area contributed by atoms with Crippen molar-refractivity contribution in [3.05, 3.63) is 89.6 Å². The van der Waals surface area contributed by atoms with Crippen molar-refractivity contribution in [2.45, 2.75) is 38.4 Å². The summed E-state index contributed by atoms with van der Waals surface area (Å²) >= 11 is 0. The molecule has 0 spiro atoms. The Morgan fingerprint density at radius 1 is 0.943 bits per heavy atom. The number of rotatable bonds is 6. The summed E-state index contributed by atoms with van der Waals surface area (Å²) < 4.78 is 2.17. The van der Waals surface area contributed by atoms with Crippen LogP contribution in [0, 0.1) is 0 Å². The van der Waals surface area contributed by atoms with Gasteiger partial charge in [-0.2, -0.15) is 0 Å². The summed E-state index contributed by atoms with van der Waals surface area (Å²) in [6.45, 7) is 5.81. The van der Waals surface area contributed by atoms with Crippen LogP contribution in [0.4, 0.5) is 5.95 Å². The lowest BCUT2D eigenvalue weighted by Gasteiger charge is -2.35. The molecule has 6 rings (SSSR count). The zero-order valence-corrected chi connectivity index (χ0v) is 20.4. The van der Waals surface area contributed by atoms with Gasteiger partial charge < -0.3 is 4.90 Å². The Kier molecular flexibility index (Phi) is 6.19. The first-order chi connectivity index (χ1) is 17.2. The van der Waals surface area contributed by atoms with E-state index in [-0.39, 0.29) is 0 Å². The van der Waals surface area contributed by atoms with E-state index in [1.54, 1.807) is 0 Å². The Labute approximate surface area is 207 Å². The van der Waals surface area contributed by atoms with E-state index in [1.807, 2.05) is 18.5 Å². The molecule has 1 aliphatic carbocycles. The fourth-order valence-electron chi connectivity index (χ4n) is 5.59. The number of aromatic nitrogens is 4. The molecule has 1 aliphatic heterocycles. The molecule has 0 bridgehead atoms. The summed E-state index contributed by atoms with van der Waals surface area (Å²) in [5.41, 5.74) is 6.05. The molecule has 1 fully saturated rings. The van der Waals surface area contributed by atoms with Crippen molar-refractivity contribution in [3.63, 3.8) is 0 Å². The zero-order valence-electron chi connectivity index (χ0n) is 20.4. The van der Waals surface area contributed by atoms with Crippen molar-refractivity contribution in [2.75, 3.05) is 38.1 Å². The largest absolute Gasteiger partial charge is 0.339 e. The fraction of sp³-hybridized carbons (Fsp3) is 0.393. The molecule has 1 atom stereocenters. The second-order valence-corrected chi connectivity index (χ2v) is 9.82. The maximum absolute atomic E-state index is 4.95. The number of fused-ring (bicyclic) bond motifs is 2. The zero-order chi connectivity index (χ0) is 23.6. The third-order valence-corrected chi connectivity index (χ3v) is 7.43. The molecule has 7 heteroatoms. The van der Waals surface area contributed by atoms with Crippen LogP contribution in [0.25, 0.3) is 5.65 Å². The fourth-order valence-corrected chi connectivity index (χ4v) is 5.59. The summed E-state index contributed by atoms with van der Waals surface area (Å²) in [6, 6.07) is 17.4. The molecule has 4 aromatic rings.